The molecule has 8 heteroatoms. The van der Waals surface area contributed by atoms with Crippen molar-refractivity contribution in [3.05, 3.63) is 59.5 Å². The van der Waals surface area contributed by atoms with Gasteiger partial charge in [-0.1, -0.05) is 36.4 Å². The van der Waals surface area contributed by atoms with E-state index in [1.165, 1.54) is 0 Å². The number of primary amides is 1. The Morgan fingerprint density at radius 3 is 2.50 bits per heavy atom. The lowest BCUT2D eigenvalue weighted by atomic mass is 9.95. The summed E-state index contributed by atoms with van der Waals surface area (Å²) >= 11 is 1.59. The lowest BCUT2D eigenvalue weighted by molar-refractivity contribution is -0.127. The molecule has 1 aliphatic heterocycles. The van der Waals surface area contributed by atoms with Gasteiger partial charge in [-0.3, -0.25) is 9.59 Å². The summed E-state index contributed by atoms with van der Waals surface area (Å²) in [5.41, 5.74) is 10.6. The highest BCUT2D eigenvalue weighted by atomic mass is 32.1. The highest BCUT2D eigenvalue weighted by molar-refractivity contribution is 7.14. The molecule has 0 atom stereocenters. The summed E-state index contributed by atoms with van der Waals surface area (Å²) in [6.45, 7) is 2.83. The van der Waals surface area contributed by atoms with Crippen LogP contribution in [0.4, 0.5) is 5.13 Å². The Labute approximate surface area is 204 Å². The molecule has 0 unspecified atom stereocenters. The minimum atomic E-state index is -0.278. The highest BCUT2D eigenvalue weighted by Gasteiger charge is 2.24. The van der Waals surface area contributed by atoms with Crippen molar-refractivity contribution in [3.63, 3.8) is 0 Å². The number of hydrogen-bond donors (Lipinski definition) is 3. The zero-order chi connectivity index (χ0) is 23.9. The number of nitrogens with one attached hydrogen (secondary N) is 2. The van der Waals surface area contributed by atoms with Gasteiger partial charge in [0.25, 0.3) is 0 Å². The standard InChI is InChI=1S/C26H31N5O2S/c1-28-26-30-23(17-34-26)22-7-3-6-21(15-22)20-5-2-4-18(14-20)16-29-25(33)19-8-11-31(12-9-19)13-10-24(27)32/h2-7,14-15,17,19H,8-13,16H2,1H3,(H2,27,32)(H,28,30)(H,29,33). The Morgan fingerprint density at radius 1 is 1.09 bits per heavy atom. The fourth-order valence-electron chi connectivity index (χ4n) is 4.26. The van der Waals surface area contributed by atoms with E-state index in [1.54, 1.807) is 11.3 Å². The average molecular weight is 478 g/mol. The molecule has 7 nitrogen and oxygen atoms in total. The van der Waals surface area contributed by atoms with E-state index < -0.39 is 0 Å². The third-order valence-electron chi connectivity index (χ3n) is 6.24. The molecule has 0 bridgehead atoms. The van der Waals surface area contributed by atoms with Crippen molar-refractivity contribution in [1.29, 1.82) is 0 Å². The molecule has 0 radical (unpaired) electrons. The van der Waals surface area contributed by atoms with Crippen LogP contribution in [0.1, 0.15) is 24.8 Å². The monoisotopic (exact) mass is 477 g/mol. The van der Waals surface area contributed by atoms with Gasteiger partial charge in [0.1, 0.15) is 0 Å². The highest BCUT2D eigenvalue weighted by Crippen LogP contribution is 2.29. The number of aromatic nitrogens is 1. The Kier molecular flexibility index (Phi) is 7.92. The molecule has 4 N–H and O–H groups in total. The minimum Gasteiger partial charge on any atom is -0.370 e. The normalized spacial score (nSPS) is 14.6. The SMILES string of the molecule is CNc1nc(-c2cccc(-c3cccc(CNC(=O)C4CCN(CCC(N)=O)CC4)c3)c2)cs1. The first kappa shape index (κ1) is 23.9. The van der Waals surface area contributed by atoms with Crippen LogP contribution in [0, 0.1) is 5.92 Å². The van der Waals surface area contributed by atoms with E-state index >= 15 is 0 Å². The van der Waals surface area contributed by atoms with Gasteiger partial charge in [-0.15, -0.1) is 11.3 Å². The topological polar surface area (TPSA) is 100 Å². The summed E-state index contributed by atoms with van der Waals surface area (Å²) in [7, 11) is 1.87. The fourth-order valence-corrected chi connectivity index (χ4v) is 4.94. The van der Waals surface area contributed by atoms with Crippen molar-refractivity contribution in [3.8, 4) is 22.4 Å². The molecular weight excluding hydrogens is 446 g/mol. The molecule has 34 heavy (non-hydrogen) atoms. The van der Waals surface area contributed by atoms with Gasteiger partial charge in [0, 0.05) is 43.4 Å². The predicted octanol–water partition coefficient (Wildman–Crippen LogP) is 3.72. The molecule has 1 aliphatic rings. The Bertz CT molecular complexity index is 1140. The number of anilines is 1. The van der Waals surface area contributed by atoms with Crippen LogP contribution < -0.4 is 16.4 Å². The van der Waals surface area contributed by atoms with Gasteiger partial charge in [0.15, 0.2) is 5.13 Å². The number of likely N-dealkylation sites (tertiary alicyclic amines) is 1. The maximum Gasteiger partial charge on any atom is 0.223 e. The number of amides is 2. The largest absolute Gasteiger partial charge is 0.370 e. The van der Waals surface area contributed by atoms with Gasteiger partial charge in [-0.2, -0.15) is 0 Å². The minimum absolute atomic E-state index is 0.0188. The van der Waals surface area contributed by atoms with E-state index in [9.17, 15) is 9.59 Å². The van der Waals surface area contributed by atoms with Crippen LogP contribution in [-0.4, -0.2) is 48.4 Å². The third kappa shape index (κ3) is 6.21. The van der Waals surface area contributed by atoms with Crippen LogP contribution >= 0.6 is 11.3 Å². The van der Waals surface area contributed by atoms with Crippen molar-refractivity contribution < 1.29 is 9.59 Å². The van der Waals surface area contributed by atoms with Crippen molar-refractivity contribution in [2.45, 2.75) is 25.8 Å². The maximum atomic E-state index is 12.7. The molecule has 0 spiro atoms. The van der Waals surface area contributed by atoms with Crippen LogP contribution in [0.15, 0.2) is 53.9 Å². The molecular formula is C26H31N5O2S. The van der Waals surface area contributed by atoms with Crippen LogP contribution in [0.25, 0.3) is 22.4 Å². The Balaban J connectivity index is 1.34. The van der Waals surface area contributed by atoms with Gasteiger partial charge in [0.2, 0.25) is 11.8 Å². The van der Waals surface area contributed by atoms with Crippen molar-refractivity contribution in [2.24, 2.45) is 11.7 Å². The van der Waals surface area contributed by atoms with Crippen LogP contribution in [0.5, 0.6) is 0 Å². The molecule has 1 saturated heterocycles. The summed E-state index contributed by atoms with van der Waals surface area (Å²) in [4.78, 5) is 30.5. The molecule has 0 saturated carbocycles. The molecule has 1 aromatic heterocycles. The molecule has 178 valence electrons. The van der Waals surface area contributed by atoms with E-state index in [4.69, 9.17) is 5.73 Å². The Hall–Kier alpha value is -3.23. The summed E-state index contributed by atoms with van der Waals surface area (Å²) < 4.78 is 0. The van der Waals surface area contributed by atoms with Gasteiger partial charge in [-0.25, -0.2) is 4.98 Å². The first-order chi connectivity index (χ1) is 16.5. The number of nitrogens with two attached hydrogens (primary N) is 1. The maximum absolute atomic E-state index is 12.7. The third-order valence-corrected chi connectivity index (χ3v) is 7.10. The number of carbonyl (C=O) groups is 2. The molecule has 3 aromatic rings. The van der Waals surface area contributed by atoms with E-state index in [-0.39, 0.29) is 17.7 Å². The van der Waals surface area contributed by atoms with Gasteiger partial charge < -0.3 is 21.3 Å². The number of hydrogen-bond acceptors (Lipinski definition) is 6. The Morgan fingerprint density at radius 2 is 1.79 bits per heavy atom. The lowest BCUT2D eigenvalue weighted by Crippen LogP contribution is -2.41. The fraction of sp³-hybridized carbons (Fsp3) is 0.346. The van der Waals surface area contributed by atoms with Crippen LogP contribution in [0.2, 0.25) is 0 Å². The molecule has 2 heterocycles. The first-order valence-electron chi connectivity index (χ1n) is 11.6. The van der Waals surface area contributed by atoms with Gasteiger partial charge >= 0.3 is 0 Å². The zero-order valence-electron chi connectivity index (χ0n) is 19.4. The second kappa shape index (κ2) is 11.3. The van der Waals surface area contributed by atoms with Crippen LogP contribution in [0.3, 0.4) is 0 Å². The summed E-state index contributed by atoms with van der Waals surface area (Å²) in [5, 5.41) is 9.15. The summed E-state index contributed by atoms with van der Waals surface area (Å²) in [6, 6.07) is 16.7. The van der Waals surface area contributed by atoms with Gasteiger partial charge in [0.05, 0.1) is 5.69 Å². The molecule has 4 rings (SSSR count). The first-order valence-corrected chi connectivity index (χ1v) is 12.5. The molecule has 1 fully saturated rings. The van der Waals surface area contributed by atoms with Crippen molar-refractivity contribution in [2.75, 3.05) is 32.0 Å². The molecule has 2 aromatic carbocycles. The average Bonchev–Trinajstić information content (AvgIpc) is 3.36. The number of piperidine rings is 1. The molecule has 2 amide bonds. The summed E-state index contributed by atoms with van der Waals surface area (Å²) in [5.74, 6) is -0.156. The second-order valence-electron chi connectivity index (χ2n) is 8.62. The number of benzene rings is 2. The van der Waals surface area contributed by atoms with Gasteiger partial charge in [-0.05, 0) is 54.8 Å². The number of carbonyl (C=O) groups excluding carboxylic acids is 2. The van der Waals surface area contributed by atoms with Crippen LogP contribution in [-0.2, 0) is 16.1 Å². The quantitative estimate of drug-likeness (QED) is 0.436. The molecule has 0 aliphatic carbocycles. The smallest absolute Gasteiger partial charge is 0.223 e. The number of nitrogens with zero attached hydrogens (tertiary/aromatic N) is 2. The van der Waals surface area contributed by atoms with E-state index in [1.807, 2.05) is 25.2 Å². The second-order valence-corrected chi connectivity index (χ2v) is 9.48. The van der Waals surface area contributed by atoms with E-state index in [0.717, 1.165) is 59.0 Å². The summed E-state index contributed by atoms with van der Waals surface area (Å²) in [6.07, 6.45) is 1.99. The van der Waals surface area contributed by atoms with E-state index in [0.29, 0.717) is 19.5 Å². The predicted molar refractivity (Wildman–Crippen MR) is 137 cm³/mol. The lowest BCUT2D eigenvalue weighted by Gasteiger charge is -2.30. The van der Waals surface area contributed by atoms with E-state index in [2.05, 4.69) is 56.2 Å². The number of thiazole rings is 1. The zero-order valence-corrected chi connectivity index (χ0v) is 20.2. The van der Waals surface area contributed by atoms with Crippen molar-refractivity contribution >= 4 is 28.3 Å². The number of rotatable bonds is 9. The van der Waals surface area contributed by atoms with Crippen molar-refractivity contribution in [1.82, 2.24) is 15.2 Å².